The Morgan fingerprint density at radius 2 is 1.59 bits per heavy atom. The van der Waals surface area contributed by atoms with Crippen LogP contribution in [0.4, 0.5) is 8.78 Å². The minimum absolute atomic E-state index is 0.0963. The first kappa shape index (κ1) is 24.7. The first-order valence-corrected chi connectivity index (χ1v) is 11.8. The first-order chi connectivity index (χ1) is 16.3. The summed E-state index contributed by atoms with van der Waals surface area (Å²) in [5, 5.41) is 1.03. The van der Waals surface area contributed by atoms with Gasteiger partial charge in [0, 0.05) is 48.9 Å². The van der Waals surface area contributed by atoms with E-state index in [9.17, 15) is 13.6 Å². The summed E-state index contributed by atoms with van der Waals surface area (Å²) >= 11 is 18.3. The Kier molecular flexibility index (Phi) is 7.94. The number of piperazine rings is 1. The highest BCUT2D eigenvalue weighted by atomic mass is 35.5. The molecule has 1 aliphatic rings. The van der Waals surface area contributed by atoms with Crippen LogP contribution < -0.4 is 4.74 Å². The largest absolute Gasteiger partial charge is 0.486 e. The van der Waals surface area contributed by atoms with Crippen molar-refractivity contribution in [2.24, 2.45) is 0 Å². The molecule has 1 heterocycles. The molecule has 0 bridgehead atoms. The monoisotopic (exact) mass is 524 g/mol. The van der Waals surface area contributed by atoms with E-state index in [1.165, 1.54) is 6.07 Å². The van der Waals surface area contributed by atoms with E-state index in [-0.39, 0.29) is 12.5 Å². The fourth-order valence-corrected chi connectivity index (χ4v) is 4.75. The molecule has 3 aromatic rings. The van der Waals surface area contributed by atoms with E-state index in [1.54, 1.807) is 41.3 Å². The lowest BCUT2D eigenvalue weighted by molar-refractivity contribution is 0.0626. The lowest BCUT2D eigenvalue weighted by atomic mass is 10.1. The van der Waals surface area contributed by atoms with Gasteiger partial charge in [0.05, 0.1) is 10.0 Å². The van der Waals surface area contributed by atoms with Gasteiger partial charge in [0.15, 0.2) is 17.4 Å². The van der Waals surface area contributed by atoms with E-state index >= 15 is 0 Å². The summed E-state index contributed by atoms with van der Waals surface area (Å²) in [6.07, 6.45) is 0. The maximum absolute atomic E-state index is 14.0. The van der Waals surface area contributed by atoms with Gasteiger partial charge in [-0.15, -0.1) is 0 Å². The molecule has 1 aliphatic heterocycles. The molecular formula is C25H21Cl3F2N2O2. The molecule has 9 heteroatoms. The van der Waals surface area contributed by atoms with Gasteiger partial charge in [-0.05, 0) is 35.9 Å². The van der Waals surface area contributed by atoms with Gasteiger partial charge in [0.25, 0.3) is 5.91 Å². The molecule has 0 aliphatic carbocycles. The van der Waals surface area contributed by atoms with E-state index < -0.39 is 11.6 Å². The van der Waals surface area contributed by atoms with Crippen molar-refractivity contribution in [2.75, 3.05) is 26.2 Å². The number of carbonyl (C=O) groups excluding carboxylic acids is 1. The molecule has 0 radical (unpaired) electrons. The molecule has 1 fully saturated rings. The SMILES string of the molecule is O=C(c1cccc(COc2c(Cl)cc(Cl)cc2Cl)c1)N1CCN(Cc2cccc(F)c2F)CC1. The van der Waals surface area contributed by atoms with E-state index in [0.717, 1.165) is 11.6 Å². The van der Waals surface area contributed by atoms with Gasteiger partial charge >= 0.3 is 0 Å². The molecule has 1 saturated heterocycles. The Bertz CT molecular complexity index is 1180. The Hall–Kier alpha value is -2.38. The van der Waals surface area contributed by atoms with Gasteiger partial charge in [-0.3, -0.25) is 9.69 Å². The molecule has 0 atom stereocenters. The second-order valence-corrected chi connectivity index (χ2v) is 9.22. The van der Waals surface area contributed by atoms with Crippen molar-refractivity contribution in [1.29, 1.82) is 0 Å². The molecule has 4 rings (SSSR count). The van der Waals surface area contributed by atoms with E-state index in [4.69, 9.17) is 39.5 Å². The summed E-state index contributed by atoms with van der Waals surface area (Å²) in [4.78, 5) is 16.8. The second-order valence-electron chi connectivity index (χ2n) is 7.97. The lowest BCUT2D eigenvalue weighted by Gasteiger charge is -2.35. The van der Waals surface area contributed by atoms with Crippen molar-refractivity contribution >= 4 is 40.7 Å². The third-order valence-corrected chi connectivity index (χ3v) is 6.38. The number of hydrogen-bond donors (Lipinski definition) is 0. The Morgan fingerprint density at radius 3 is 2.29 bits per heavy atom. The van der Waals surface area contributed by atoms with Crippen LogP contribution in [0.15, 0.2) is 54.6 Å². The fourth-order valence-electron chi connectivity index (χ4n) is 3.82. The van der Waals surface area contributed by atoms with Crippen molar-refractivity contribution in [3.63, 3.8) is 0 Å². The van der Waals surface area contributed by atoms with Crippen LogP contribution in [0.5, 0.6) is 5.75 Å². The number of amides is 1. The highest BCUT2D eigenvalue weighted by Gasteiger charge is 2.23. The zero-order valence-corrected chi connectivity index (χ0v) is 20.3. The second kappa shape index (κ2) is 10.9. The number of benzene rings is 3. The molecule has 3 aromatic carbocycles. The summed E-state index contributed by atoms with van der Waals surface area (Å²) in [6.45, 7) is 2.60. The van der Waals surface area contributed by atoms with Crippen LogP contribution in [0.25, 0.3) is 0 Å². The highest BCUT2D eigenvalue weighted by Crippen LogP contribution is 2.36. The predicted molar refractivity (Wildman–Crippen MR) is 130 cm³/mol. The first-order valence-electron chi connectivity index (χ1n) is 10.6. The van der Waals surface area contributed by atoms with Crippen LogP contribution in [-0.4, -0.2) is 41.9 Å². The van der Waals surface area contributed by atoms with Crippen LogP contribution in [-0.2, 0) is 13.2 Å². The van der Waals surface area contributed by atoms with Crippen molar-refractivity contribution in [2.45, 2.75) is 13.2 Å². The van der Waals surface area contributed by atoms with Crippen molar-refractivity contribution in [3.05, 3.63) is 98.0 Å². The van der Waals surface area contributed by atoms with E-state index in [2.05, 4.69) is 0 Å². The highest BCUT2D eigenvalue weighted by molar-refractivity contribution is 6.40. The van der Waals surface area contributed by atoms with Crippen LogP contribution in [0.3, 0.4) is 0 Å². The molecule has 34 heavy (non-hydrogen) atoms. The number of halogens is 5. The molecule has 0 N–H and O–H groups in total. The summed E-state index contributed by atoms with van der Waals surface area (Å²) in [5.41, 5.74) is 1.64. The molecule has 4 nitrogen and oxygen atoms in total. The average molecular weight is 526 g/mol. The number of hydrogen-bond acceptors (Lipinski definition) is 3. The number of rotatable bonds is 6. The fraction of sp³-hybridized carbons (Fsp3) is 0.240. The minimum atomic E-state index is -0.851. The summed E-state index contributed by atoms with van der Waals surface area (Å²) < 4.78 is 33.2. The van der Waals surface area contributed by atoms with E-state index in [1.807, 2.05) is 11.0 Å². The van der Waals surface area contributed by atoms with Gasteiger partial charge in [0.1, 0.15) is 6.61 Å². The summed E-state index contributed by atoms with van der Waals surface area (Å²) in [6, 6.07) is 14.4. The number of nitrogens with zero attached hydrogens (tertiary/aromatic N) is 2. The van der Waals surface area contributed by atoms with Gasteiger partial charge in [-0.25, -0.2) is 8.78 Å². The zero-order chi connectivity index (χ0) is 24.2. The Morgan fingerprint density at radius 1 is 0.912 bits per heavy atom. The van der Waals surface area contributed by atoms with Crippen molar-refractivity contribution < 1.29 is 18.3 Å². The molecule has 0 spiro atoms. The molecule has 1 amide bonds. The molecule has 0 unspecified atom stereocenters. The van der Waals surface area contributed by atoms with Crippen LogP contribution in [0, 0.1) is 11.6 Å². The molecule has 0 aromatic heterocycles. The average Bonchev–Trinajstić information content (AvgIpc) is 2.81. The standard InChI is InChI=1S/C25H21Cl3F2N2O2/c26-19-12-20(27)24(21(28)13-19)34-15-16-3-1-4-17(11-16)25(33)32-9-7-31(8-10-32)14-18-5-2-6-22(29)23(18)30/h1-6,11-13H,7-10,14-15H2. The molecular weight excluding hydrogens is 505 g/mol. The predicted octanol–water partition coefficient (Wildman–Crippen LogP) is 6.46. The molecule has 178 valence electrons. The number of carbonyl (C=O) groups is 1. The van der Waals surface area contributed by atoms with E-state index in [0.29, 0.717) is 64.7 Å². The van der Waals surface area contributed by atoms with Crippen LogP contribution in [0.2, 0.25) is 15.1 Å². The lowest BCUT2D eigenvalue weighted by Crippen LogP contribution is -2.48. The van der Waals surface area contributed by atoms with Gasteiger partial charge in [-0.1, -0.05) is 59.1 Å². The van der Waals surface area contributed by atoms with Gasteiger partial charge in [0.2, 0.25) is 0 Å². The topological polar surface area (TPSA) is 32.8 Å². The Labute approximate surface area is 211 Å². The quantitative estimate of drug-likeness (QED) is 0.370. The third-order valence-electron chi connectivity index (χ3n) is 5.61. The zero-order valence-electron chi connectivity index (χ0n) is 18.0. The minimum Gasteiger partial charge on any atom is -0.486 e. The van der Waals surface area contributed by atoms with Crippen molar-refractivity contribution in [1.82, 2.24) is 9.80 Å². The normalized spacial score (nSPS) is 14.3. The van der Waals surface area contributed by atoms with Crippen LogP contribution >= 0.6 is 34.8 Å². The summed E-state index contributed by atoms with van der Waals surface area (Å²) in [5.74, 6) is -1.44. The maximum atomic E-state index is 14.0. The van der Waals surface area contributed by atoms with Crippen molar-refractivity contribution in [3.8, 4) is 5.75 Å². The summed E-state index contributed by atoms with van der Waals surface area (Å²) in [7, 11) is 0. The Balaban J connectivity index is 1.35. The molecule has 0 saturated carbocycles. The van der Waals surface area contributed by atoms with Gasteiger partial charge in [-0.2, -0.15) is 0 Å². The van der Waals surface area contributed by atoms with Gasteiger partial charge < -0.3 is 9.64 Å². The van der Waals surface area contributed by atoms with Crippen LogP contribution in [0.1, 0.15) is 21.5 Å². The maximum Gasteiger partial charge on any atom is 0.253 e. The smallest absolute Gasteiger partial charge is 0.253 e. The third kappa shape index (κ3) is 5.81. The number of ether oxygens (including phenoxy) is 1.